The summed E-state index contributed by atoms with van der Waals surface area (Å²) >= 11 is 0. The molecule has 2 N–H and O–H groups in total. The Morgan fingerprint density at radius 3 is 2.07 bits per heavy atom. The van der Waals surface area contributed by atoms with Crippen LogP contribution in [-0.2, 0) is 0 Å². The van der Waals surface area contributed by atoms with Gasteiger partial charge in [-0.15, -0.1) is 0 Å². The standard InChI is InChI=1S/C23H24N4/c1-4-27(5-2)19-13-11-18(12-14-19)22-20(15-24)23(25)26-16(3)21(22)17-9-7-6-8-10-17/h6-14H,4-5H2,1-3H3,(H2,25,26). The first-order valence-electron chi connectivity index (χ1n) is 9.21. The minimum atomic E-state index is 0.275. The van der Waals surface area contributed by atoms with Crippen molar-refractivity contribution in [1.29, 1.82) is 5.26 Å². The Kier molecular flexibility index (Phi) is 5.42. The zero-order valence-corrected chi connectivity index (χ0v) is 16.0. The molecule has 136 valence electrons. The topological polar surface area (TPSA) is 65.9 Å². The number of pyridine rings is 1. The summed E-state index contributed by atoms with van der Waals surface area (Å²) in [5.41, 5.74) is 12.3. The number of benzene rings is 2. The predicted octanol–water partition coefficient (Wildman–Crippen LogP) is 5.02. The highest BCUT2D eigenvalue weighted by Gasteiger charge is 2.19. The minimum Gasteiger partial charge on any atom is -0.383 e. The lowest BCUT2D eigenvalue weighted by Crippen LogP contribution is -2.21. The summed E-state index contributed by atoms with van der Waals surface area (Å²) in [7, 11) is 0. The number of nitrogens with zero attached hydrogens (tertiary/aromatic N) is 3. The van der Waals surface area contributed by atoms with Gasteiger partial charge in [0, 0.05) is 35.6 Å². The first-order valence-corrected chi connectivity index (χ1v) is 9.21. The number of hydrogen-bond acceptors (Lipinski definition) is 4. The van der Waals surface area contributed by atoms with E-state index in [1.54, 1.807) is 0 Å². The molecular weight excluding hydrogens is 332 g/mol. The Morgan fingerprint density at radius 2 is 1.52 bits per heavy atom. The van der Waals surface area contributed by atoms with E-state index in [0.717, 1.165) is 41.0 Å². The van der Waals surface area contributed by atoms with Gasteiger partial charge < -0.3 is 10.6 Å². The zero-order chi connectivity index (χ0) is 19.4. The molecule has 4 heteroatoms. The number of aryl methyl sites for hydroxylation is 1. The van der Waals surface area contributed by atoms with Gasteiger partial charge in [-0.05, 0) is 44.0 Å². The molecule has 1 heterocycles. The van der Waals surface area contributed by atoms with Crippen LogP contribution in [-0.4, -0.2) is 18.1 Å². The van der Waals surface area contributed by atoms with Crippen molar-refractivity contribution in [2.75, 3.05) is 23.7 Å². The molecule has 0 aliphatic carbocycles. The number of nitrogens with two attached hydrogens (primary N) is 1. The Morgan fingerprint density at radius 1 is 0.926 bits per heavy atom. The van der Waals surface area contributed by atoms with Gasteiger partial charge in [-0.1, -0.05) is 42.5 Å². The van der Waals surface area contributed by atoms with Crippen LogP contribution >= 0.6 is 0 Å². The summed E-state index contributed by atoms with van der Waals surface area (Å²) in [6.45, 7) is 8.14. The van der Waals surface area contributed by atoms with E-state index in [4.69, 9.17) is 5.73 Å². The van der Waals surface area contributed by atoms with Crippen LogP contribution in [0.1, 0.15) is 25.1 Å². The predicted molar refractivity (Wildman–Crippen MR) is 113 cm³/mol. The molecule has 2 aromatic carbocycles. The maximum atomic E-state index is 9.76. The largest absolute Gasteiger partial charge is 0.383 e. The van der Waals surface area contributed by atoms with Crippen molar-refractivity contribution in [2.45, 2.75) is 20.8 Å². The van der Waals surface area contributed by atoms with Crippen LogP contribution in [0.25, 0.3) is 22.3 Å². The van der Waals surface area contributed by atoms with Crippen LogP contribution in [0.5, 0.6) is 0 Å². The summed E-state index contributed by atoms with van der Waals surface area (Å²) in [6, 6.07) is 20.6. The van der Waals surface area contributed by atoms with Gasteiger partial charge in [0.15, 0.2) is 0 Å². The average Bonchev–Trinajstić information content (AvgIpc) is 2.69. The van der Waals surface area contributed by atoms with Crippen molar-refractivity contribution in [3.63, 3.8) is 0 Å². The van der Waals surface area contributed by atoms with Crippen molar-refractivity contribution in [3.8, 4) is 28.3 Å². The molecule has 4 nitrogen and oxygen atoms in total. The van der Waals surface area contributed by atoms with Crippen LogP contribution in [0.15, 0.2) is 54.6 Å². The fraction of sp³-hybridized carbons (Fsp3) is 0.217. The fourth-order valence-corrected chi connectivity index (χ4v) is 3.51. The van der Waals surface area contributed by atoms with Crippen molar-refractivity contribution >= 4 is 11.5 Å². The number of anilines is 2. The molecule has 3 rings (SSSR count). The first kappa shape index (κ1) is 18.5. The van der Waals surface area contributed by atoms with Gasteiger partial charge in [0.2, 0.25) is 0 Å². The lowest BCUT2D eigenvalue weighted by Gasteiger charge is -2.22. The molecule has 0 radical (unpaired) electrons. The van der Waals surface area contributed by atoms with Gasteiger partial charge in [0.05, 0.1) is 0 Å². The second kappa shape index (κ2) is 7.92. The molecule has 0 spiro atoms. The molecule has 0 unspecified atom stereocenters. The minimum absolute atomic E-state index is 0.275. The molecule has 1 aromatic heterocycles. The highest BCUT2D eigenvalue weighted by atomic mass is 15.1. The number of nitriles is 1. The fourth-order valence-electron chi connectivity index (χ4n) is 3.51. The van der Waals surface area contributed by atoms with Crippen LogP contribution in [0.3, 0.4) is 0 Å². The van der Waals surface area contributed by atoms with E-state index >= 15 is 0 Å². The molecule has 0 fully saturated rings. The van der Waals surface area contributed by atoms with Gasteiger partial charge in [0.25, 0.3) is 0 Å². The highest BCUT2D eigenvalue weighted by molar-refractivity contribution is 5.91. The second-order valence-electron chi connectivity index (χ2n) is 6.40. The molecule has 0 bridgehead atoms. The summed E-state index contributed by atoms with van der Waals surface area (Å²) in [5.74, 6) is 0.275. The lowest BCUT2D eigenvalue weighted by molar-refractivity contribution is 0.866. The van der Waals surface area contributed by atoms with Crippen molar-refractivity contribution in [1.82, 2.24) is 4.98 Å². The smallest absolute Gasteiger partial charge is 0.142 e. The van der Waals surface area contributed by atoms with E-state index < -0.39 is 0 Å². The maximum absolute atomic E-state index is 9.76. The average molecular weight is 356 g/mol. The van der Waals surface area contributed by atoms with Crippen LogP contribution in [0.4, 0.5) is 11.5 Å². The zero-order valence-electron chi connectivity index (χ0n) is 16.0. The Hall–Kier alpha value is -3.32. The van der Waals surface area contributed by atoms with Crippen molar-refractivity contribution in [2.24, 2.45) is 0 Å². The number of nitrogen functional groups attached to an aromatic ring is 1. The normalized spacial score (nSPS) is 10.4. The van der Waals surface area contributed by atoms with E-state index in [1.807, 2.05) is 37.3 Å². The Bertz CT molecular complexity index is 966. The van der Waals surface area contributed by atoms with E-state index in [0.29, 0.717) is 5.56 Å². The summed E-state index contributed by atoms with van der Waals surface area (Å²) < 4.78 is 0. The van der Waals surface area contributed by atoms with Crippen molar-refractivity contribution < 1.29 is 0 Å². The van der Waals surface area contributed by atoms with E-state index in [1.165, 1.54) is 5.69 Å². The van der Waals surface area contributed by atoms with Crippen LogP contribution < -0.4 is 10.6 Å². The van der Waals surface area contributed by atoms with E-state index in [2.05, 4.69) is 54.1 Å². The summed E-state index contributed by atoms with van der Waals surface area (Å²) in [5, 5.41) is 9.76. The third kappa shape index (κ3) is 3.50. The first-order chi connectivity index (χ1) is 13.1. The molecular formula is C23H24N4. The molecule has 27 heavy (non-hydrogen) atoms. The van der Waals surface area contributed by atoms with Gasteiger partial charge >= 0.3 is 0 Å². The molecule has 0 saturated carbocycles. The van der Waals surface area contributed by atoms with Gasteiger partial charge in [-0.25, -0.2) is 4.98 Å². The SMILES string of the molecule is CCN(CC)c1ccc(-c2c(C#N)c(N)nc(C)c2-c2ccccc2)cc1. The number of aromatic nitrogens is 1. The monoisotopic (exact) mass is 356 g/mol. The molecule has 0 aliphatic heterocycles. The number of hydrogen-bond donors (Lipinski definition) is 1. The van der Waals surface area contributed by atoms with Gasteiger partial charge in [-0.3, -0.25) is 0 Å². The van der Waals surface area contributed by atoms with Gasteiger partial charge in [-0.2, -0.15) is 5.26 Å². The Balaban J connectivity index is 2.24. The Labute approximate surface area is 160 Å². The quantitative estimate of drug-likeness (QED) is 0.697. The van der Waals surface area contributed by atoms with E-state index in [9.17, 15) is 5.26 Å². The third-order valence-corrected chi connectivity index (χ3v) is 4.86. The van der Waals surface area contributed by atoms with Crippen LogP contribution in [0.2, 0.25) is 0 Å². The van der Waals surface area contributed by atoms with Gasteiger partial charge in [0.1, 0.15) is 17.5 Å². The van der Waals surface area contributed by atoms with Crippen LogP contribution in [0, 0.1) is 18.3 Å². The van der Waals surface area contributed by atoms with Crippen molar-refractivity contribution in [3.05, 3.63) is 65.9 Å². The second-order valence-corrected chi connectivity index (χ2v) is 6.40. The third-order valence-electron chi connectivity index (χ3n) is 4.86. The lowest BCUT2D eigenvalue weighted by atomic mass is 9.90. The highest BCUT2D eigenvalue weighted by Crippen LogP contribution is 2.39. The maximum Gasteiger partial charge on any atom is 0.142 e. The molecule has 0 atom stereocenters. The number of rotatable bonds is 5. The molecule has 3 aromatic rings. The molecule has 0 amide bonds. The van der Waals surface area contributed by atoms with E-state index in [-0.39, 0.29) is 5.82 Å². The molecule has 0 saturated heterocycles. The molecule has 0 aliphatic rings. The summed E-state index contributed by atoms with van der Waals surface area (Å²) in [6.07, 6.45) is 0. The summed E-state index contributed by atoms with van der Waals surface area (Å²) in [4.78, 5) is 6.72.